The van der Waals surface area contributed by atoms with E-state index in [1.165, 1.54) is 15.8 Å². The minimum absolute atomic E-state index is 0.308. The fraction of sp³-hybridized carbons (Fsp3) is 0.167. The highest BCUT2D eigenvalue weighted by molar-refractivity contribution is 7.99. The Bertz CT molecular complexity index is 1010. The van der Waals surface area contributed by atoms with Crippen LogP contribution in [0.3, 0.4) is 0 Å². The normalized spacial score (nSPS) is 11.5. The second-order valence-corrected chi connectivity index (χ2v) is 7.65. The number of aromatic hydroxyl groups is 1. The van der Waals surface area contributed by atoms with E-state index in [4.69, 9.17) is 0 Å². The quantitative estimate of drug-likeness (QED) is 0.493. The first-order valence-corrected chi connectivity index (χ1v) is 9.70. The fourth-order valence-electron chi connectivity index (χ4n) is 2.86. The van der Waals surface area contributed by atoms with Gasteiger partial charge in [-0.15, -0.1) is 11.8 Å². The topological polar surface area (TPSA) is 53.8 Å². The van der Waals surface area contributed by atoms with E-state index in [1.807, 2.05) is 28.5 Å². The third kappa shape index (κ3) is 2.65. The summed E-state index contributed by atoms with van der Waals surface area (Å²) >= 11 is 3.40. The minimum Gasteiger partial charge on any atom is -0.494 e. The highest BCUT2D eigenvalue weighted by atomic mass is 32.2. The van der Waals surface area contributed by atoms with Crippen LogP contribution in [0.15, 0.2) is 53.8 Å². The number of H-pyrrole nitrogens is 1. The number of nitrogens with one attached hydrogen (secondary N) is 1. The summed E-state index contributed by atoms with van der Waals surface area (Å²) in [7, 11) is 0. The third-order valence-corrected chi connectivity index (χ3v) is 5.98. The van der Waals surface area contributed by atoms with Gasteiger partial charge in [-0.2, -0.15) is 0 Å². The molecule has 122 valence electrons. The second kappa shape index (κ2) is 6.45. The smallest absolute Gasteiger partial charge is 0.202 e. The molecule has 4 aromatic rings. The molecular weight excluding hydrogens is 338 g/mol. The number of thioether (sulfide) groups is 1. The van der Waals surface area contributed by atoms with Crippen molar-refractivity contribution < 1.29 is 5.11 Å². The maximum atomic E-state index is 10.2. The number of hydrogen-bond donors (Lipinski definition) is 2. The van der Waals surface area contributed by atoms with Crippen molar-refractivity contribution >= 4 is 45.5 Å². The second-order valence-electron chi connectivity index (χ2n) is 5.43. The Morgan fingerprint density at radius 2 is 2.17 bits per heavy atom. The van der Waals surface area contributed by atoms with Crippen LogP contribution in [0, 0.1) is 0 Å². The van der Waals surface area contributed by atoms with Gasteiger partial charge in [-0.1, -0.05) is 13.0 Å². The molecule has 3 heterocycles. The summed E-state index contributed by atoms with van der Waals surface area (Å²) in [6.07, 6.45) is 5.73. The molecule has 0 saturated heterocycles. The predicted molar refractivity (Wildman–Crippen MR) is 103 cm³/mol. The van der Waals surface area contributed by atoms with Crippen molar-refractivity contribution in [3.05, 3.63) is 54.5 Å². The lowest BCUT2D eigenvalue weighted by Crippen LogP contribution is -1.86. The van der Waals surface area contributed by atoms with Crippen LogP contribution < -0.4 is 0 Å². The zero-order valence-corrected chi connectivity index (χ0v) is 14.8. The van der Waals surface area contributed by atoms with Crippen molar-refractivity contribution in [2.75, 3.05) is 5.75 Å². The van der Waals surface area contributed by atoms with Crippen LogP contribution in [0.25, 0.3) is 21.8 Å². The van der Waals surface area contributed by atoms with Gasteiger partial charge in [0.1, 0.15) is 0 Å². The van der Waals surface area contributed by atoms with Crippen LogP contribution in [-0.4, -0.2) is 24.8 Å². The number of hydrogen-bond acceptors (Lipinski definition) is 4. The van der Waals surface area contributed by atoms with Crippen LogP contribution in [0.2, 0.25) is 0 Å². The molecule has 0 aliphatic heterocycles. The largest absolute Gasteiger partial charge is 0.494 e. The summed E-state index contributed by atoms with van der Waals surface area (Å²) in [6, 6.07) is 10.1. The molecule has 1 aromatic carbocycles. The first-order valence-electron chi connectivity index (χ1n) is 7.77. The molecule has 0 aliphatic rings. The predicted octanol–water partition coefficient (Wildman–Crippen LogP) is 5.03. The molecule has 0 amide bonds. The molecular formula is C18H17N3OS2. The summed E-state index contributed by atoms with van der Waals surface area (Å²) < 4.78 is 1.90. The van der Waals surface area contributed by atoms with Gasteiger partial charge in [-0.25, -0.2) is 0 Å². The minimum atomic E-state index is 0.308. The lowest BCUT2D eigenvalue weighted by atomic mass is 10.2. The van der Waals surface area contributed by atoms with Crippen LogP contribution in [-0.2, 0) is 5.75 Å². The van der Waals surface area contributed by atoms with E-state index < -0.39 is 0 Å². The first-order chi connectivity index (χ1) is 11.8. The molecule has 3 aromatic heterocycles. The van der Waals surface area contributed by atoms with Gasteiger partial charge in [-0.3, -0.25) is 8.96 Å². The number of aromatic amines is 1. The van der Waals surface area contributed by atoms with Gasteiger partial charge in [0.2, 0.25) is 5.88 Å². The zero-order valence-electron chi connectivity index (χ0n) is 13.2. The molecule has 0 radical (unpaired) electrons. The van der Waals surface area contributed by atoms with Gasteiger partial charge in [0.05, 0.1) is 17.2 Å². The van der Waals surface area contributed by atoms with Crippen molar-refractivity contribution in [2.24, 2.45) is 0 Å². The van der Waals surface area contributed by atoms with Crippen molar-refractivity contribution in [1.29, 1.82) is 0 Å². The zero-order chi connectivity index (χ0) is 16.5. The van der Waals surface area contributed by atoms with Crippen LogP contribution in [0.1, 0.15) is 12.5 Å². The van der Waals surface area contributed by atoms with E-state index in [1.54, 1.807) is 23.7 Å². The van der Waals surface area contributed by atoms with Gasteiger partial charge in [-0.05, 0) is 35.7 Å². The Morgan fingerprint density at radius 1 is 1.25 bits per heavy atom. The number of pyridine rings is 1. The van der Waals surface area contributed by atoms with E-state index in [9.17, 15) is 5.11 Å². The Morgan fingerprint density at radius 3 is 3.04 bits per heavy atom. The molecule has 0 fully saturated rings. The highest BCUT2D eigenvalue weighted by Crippen LogP contribution is 2.37. The average Bonchev–Trinajstić information content (AvgIpc) is 3.15. The molecule has 2 N–H and O–H groups in total. The lowest BCUT2D eigenvalue weighted by Gasteiger charge is -2.05. The van der Waals surface area contributed by atoms with Gasteiger partial charge in [0, 0.05) is 45.6 Å². The summed E-state index contributed by atoms with van der Waals surface area (Å²) in [5, 5.41) is 12.5. The lowest BCUT2D eigenvalue weighted by molar-refractivity contribution is 0.453. The summed E-state index contributed by atoms with van der Waals surface area (Å²) in [6.45, 7) is 2.08. The van der Waals surface area contributed by atoms with Gasteiger partial charge in [0.25, 0.3) is 0 Å². The maximum Gasteiger partial charge on any atom is 0.202 e. The number of aromatic nitrogens is 3. The van der Waals surface area contributed by atoms with Crippen LogP contribution in [0.5, 0.6) is 5.88 Å². The van der Waals surface area contributed by atoms with E-state index in [0.29, 0.717) is 5.88 Å². The molecule has 0 unspecified atom stereocenters. The standard InChI is InChI=1S/C18H17N3OS2/c1-2-24-21-16-4-3-5-17(14(16)8-18(21)22)23-11-12-9-20-15-10-19-7-6-13(12)15/h3-10,20,22H,2,11H2,1H3. The third-order valence-electron chi connectivity index (χ3n) is 3.95. The molecule has 0 spiro atoms. The molecule has 0 saturated carbocycles. The van der Waals surface area contributed by atoms with E-state index >= 15 is 0 Å². The molecule has 0 bridgehead atoms. The Balaban J connectivity index is 1.66. The maximum absolute atomic E-state index is 10.2. The van der Waals surface area contributed by atoms with Gasteiger partial charge >= 0.3 is 0 Å². The number of rotatable bonds is 5. The van der Waals surface area contributed by atoms with E-state index in [2.05, 4.69) is 41.3 Å². The number of fused-ring (bicyclic) bond motifs is 2. The first kappa shape index (κ1) is 15.5. The van der Waals surface area contributed by atoms with Crippen molar-refractivity contribution in [2.45, 2.75) is 17.6 Å². The Kier molecular flexibility index (Phi) is 4.16. The Labute approximate surface area is 148 Å². The molecule has 4 nitrogen and oxygen atoms in total. The molecule has 0 aliphatic carbocycles. The van der Waals surface area contributed by atoms with Crippen LogP contribution in [0.4, 0.5) is 0 Å². The molecule has 4 rings (SSSR count). The average molecular weight is 355 g/mol. The van der Waals surface area contributed by atoms with Gasteiger partial charge in [0.15, 0.2) is 0 Å². The van der Waals surface area contributed by atoms with Crippen LogP contribution >= 0.6 is 23.7 Å². The van der Waals surface area contributed by atoms with E-state index in [0.717, 1.165) is 27.9 Å². The number of nitrogens with zero attached hydrogens (tertiary/aromatic N) is 2. The monoisotopic (exact) mass is 355 g/mol. The Hall–Kier alpha value is -2.05. The SMILES string of the molecule is CCSn1c(O)cc2c(SCc3c[nH]c4cnccc34)cccc21. The number of benzene rings is 1. The highest BCUT2D eigenvalue weighted by Gasteiger charge is 2.12. The molecule has 24 heavy (non-hydrogen) atoms. The van der Waals surface area contributed by atoms with Gasteiger partial charge < -0.3 is 10.1 Å². The fourth-order valence-corrected chi connectivity index (χ4v) is 4.65. The van der Waals surface area contributed by atoms with E-state index in [-0.39, 0.29) is 0 Å². The molecule has 6 heteroatoms. The van der Waals surface area contributed by atoms with Crippen molar-refractivity contribution in [3.63, 3.8) is 0 Å². The summed E-state index contributed by atoms with van der Waals surface area (Å²) in [5.41, 5.74) is 3.39. The van der Waals surface area contributed by atoms with Crippen molar-refractivity contribution in [3.8, 4) is 5.88 Å². The summed E-state index contributed by atoms with van der Waals surface area (Å²) in [4.78, 5) is 8.59. The molecule has 0 atom stereocenters. The van der Waals surface area contributed by atoms with Crippen molar-refractivity contribution in [1.82, 2.24) is 13.9 Å². The summed E-state index contributed by atoms with van der Waals surface area (Å²) in [5.74, 6) is 2.09.